The van der Waals surface area contributed by atoms with Crippen LogP contribution in [0.1, 0.15) is 26.7 Å². The van der Waals surface area contributed by atoms with Gasteiger partial charge in [-0.25, -0.2) is 4.79 Å². The van der Waals surface area contributed by atoms with Crippen molar-refractivity contribution in [1.82, 2.24) is 0 Å². The topological polar surface area (TPSA) is 52.6 Å². The largest absolute Gasteiger partial charge is 0.466 e. The fraction of sp³-hybridized carbons (Fsp3) is 0.600. The third kappa shape index (κ3) is 6.28. The Hall–Kier alpha value is -0.840. The van der Waals surface area contributed by atoms with Gasteiger partial charge in [-0.15, -0.1) is 0 Å². The van der Waals surface area contributed by atoms with Crippen molar-refractivity contribution in [2.45, 2.75) is 26.7 Å². The molecule has 5 heteroatoms. The van der Waals surface area contributed by atoms with E-state index in [-0.39, 0.29) is 12.4 Å². The van der Waals surface area contributed by atoms with Crippen LogP contribution in [0.25, 0.3) is 0 Å². The van der Waals surface area contributed by atoms with Crippen LogP contribution in [0, 0.1) is 0 Å². The molecule has 0 amide bonds. The van der Waals surface area contributed by atoms with E-state index in [2.05, 4.69) is 15.9 Å². The monoisotopic (exact) mass is 278 g/mol. The molecule has 0 saturated heterocycles. The van der Waals surface area contributed by atoms with Gasteiger partial charge in [0, 0.05) is 12.0 Å². The number of ether oxygens (including phenoxy) is 2. The minimum atomic E-state index is -0.404. The summed E-state index contributed by atoms with van der Waals surface area (Å²) in [5.74, 6) is -0.715. The molecule has 86 valence electrons. The maximum absolute atomic E-state index is 11.3. The average molecular weight is 279 g/mol. The van der Waals surface area contributed by atoms with Crippen molar-refractivity contribution in [2.24, 2.45) is 0 Å². The van der Waals surface area contributed by atoms with Gasteiger partial charge >= 0.3 is 11.9 Å². The Morgan fingerprint density at radius 2 is 1.73 bits per heavy atom. The first-order chi connectivity index (χ1) is 7.15. The van der Waals surface area contributed by atoms with Gasteiger partial charge in [-0.05, 0) is 25.3 Å². The molecule has 0 fully saturated rings. The highest BCUT2D eigenvalue weighted by molar-refractivity contribution is 9.11. The fourth-order valence-electron chi connectivity index (χ4n) is 0.895. The Morgan fingerprint density at radius 3 is 2.20 bits per heavy atom. The highest BCUT2D eigenvalue weighted by Crippen LogP contribution is 2.10. The zero-order chi connectivity index (χ0) is 11.7. The van der Waals surface area contributed by atoms with Crippen molar-refractivity contribution < 1.29 is 19.1 Å². The molecule has 0 rings (SSSR count). The van der Waals surface area contributed by atoms with Gasteiger partial charge in [0.15, 0.2) is 0 Å². The maximum atomic E-state index is 11.3. The van der Waals surface area contributed by atoms with Crippen LogP contribution in [0.2, 0.25) is 0 Å². The summed E-state index contributed by atoms with van der Waals surface area (Å²) in [6.07, 6.45) is 0.507. The first-order valence-corrected chi connectivity index (χ1v) is 5.69. The molecule has 0 aliphatic rings. The van der Waals surface area contributed by atoms with Gasteiger partial charge in [0.1, 0.15) is 0 Å². The number of esters is 2. The Kier molecular flexibility index (Phi) is 7.99. The predicted octanol–water partition coefficient (Wildman–Crippen LogP) is 2.17. The third-order valence-corrected chi connectivity index (χ3v) is 2.13. The minimum Gasteiger partial charge on any atom is -0.466 e. The molecule has 0 heterocycles. The van der Waals surface area contributed by atoms with Gasteiger partial charge in [0.25, 0.3) is 0 Å². The lowest BCUT2D eigenvalue weighted by atomic mass is 10.2. The van der Waals surface area contributed by atoms with E-state index >= 15 is 0 Å². The molecule has 15 heavy (non-hydrogen) atoms. The van der Waals surface area contributed by atoms with Crippen LogP contribution in [0.4, 0.5) is 0 Å². The number of hydrogen-bond donors (Lipinski definition) is 0. The minimum absolute atomic E-state index is 0.185. The van der Waals surface area contributed by atoms with Gasteiger partial charge in [-0.1, -0.05) is 15.9 Å². The molecule has 0 aliphatic heterocycles. The van der Waals surface area contributed by atoms with E-state index in [1.165, 1.54) is 4.99 Å². The van der Waals surface area contributed by atoms with Crippen LogP contribution in [0.15, 0.2) is 10.6 Å². The Morgan fingerprint density at radius 1 is 1.13 bits per heavy atom. The summed E-state index contributed by atoms with van der Waals surface area (Å²) in [4.78, 5) is 23.8. The molecule has 0 radical (unpaired) electrons. The standard InChI is InChI=1S/C10H15BrO4/c1-3-14-9(12)6-5-8(7-11)10(13)15-4-2/h7H,3-6H2,1-2H3/b8-7+. The normalized spacial score (nSPS) is 11.0. The second kappa shape index (κ2) is 8.47. The number of carbonyl (C=O) groups excluding carboxylic acids is 2. The van der Waals surface area contributed by atoms with Crippen LogP contribution in [0.3, 0.4) is 0 Å². The molecule has 0 aromatic carbocycles. The molecule has 0 bridgehead atoms. The van der Waals surface area contributed by atoms with Crippen LogP contribution >= 0.6 is 15.9 Å². The number of rotatable bonds is 6. The zero-order valence-corrected chi connectivity index (χ0v) is 10.5. The smallest absolute Gasteiger partial charge is 0.334 e. The van der Waals surface area contributed by atoms with E-state index in [0.29, 0.717) is 25.2 Å². The van der Waals surface area contributed by atoms with E-state index in [4.69, 9.17) is 9.47 Å². The van der Waals surface area contributed by atoms with E-state index < -0.39 is 5.97 Å². The molecule has 0 spiro atoms. The van der Waals surface area contributed by atoms with Gasteiger partial charge in [0.2, 0.25) is 0 Å². The van der Waals surface area contributed by atoms with E-state index in [9.17, 15) is 9.59 Å². The summed E-state index contributed by atoms with van der Waals surface area (Å²) < 4.78 is 9.54. The number of hydrogen-bond acceptors (Lipinski definition) is 4. The van der Waals surface area contributed by atoms with Crippen molar-refractivity contribution in [2.75, 3.05) is 13.2 Å². The van der Waals surface area contributed by atoms with Gasteiger partial charge < -0.3 is 9.47 Å². The van der Waals surface area contributed by atoms with Gasteiger partial charge in [-0.2, -0.15) is 0 Å². The first kappa shape index (κ1) is 14.2. The molecule has 0 saturated carbocycles. The molecule has 0 aliphatic carbocycles. The van der Waals surface area contributed by atoms with Crippen molar-refractivity contribution >= 4 is 27.9 Å². The molecule has 0 aromatic heterocycles. The SMILES string of the molecule is CCOC(=O)CC/C(=C\Br)C(=O)OCC. The van der Waals surface area contributed by atoms with Crippen molar-refractivity contribution in [3.05, 3.63) is 10.6 Å². The predicted molar refractivity (Wildman–Crippen MR) is 59.5 cm³/mol. The highest BCUT2D eigenvalue weighted by Gasteiger charge is 2.12. The second-order valence-corrected chi connectivity index (χ2v) is 3.12. The molecule has 0 aromatic rings. The first-order valence-electron chi connectivity index (χ1n) is 4.77. The number of halogens is 1. The molecule has 4 nitrogen and oxygen atoms in total. The van der Waals surface area contributed by atoms with E-state index in [0.717, 1.165) is 0 Å². The van der Waals surface area contributed by atoms with Gasteiger partial charge in [-0.3, -0.25) is 4.79 Å². The molecule has 0 N–H and O–H groups in total. The molecular formula is C10H15BrO4. The Bertz CT molecular complexity index is 248. The van der Waals surface area contributed by atoms with E-state index in [1.54, 1.807) is 13.8 Å². The zero-order valence-electron chi connectivity index (χ0n) is 8.92. The molecule has 0 unspecified atom stereocenters. The summed E-state index contributed by atoms with van der Waals surface area (Å²) in [6, 6.07) is 0. The summed E-state index contributed by atoms with van der Waals surface area (Å²) >= 11 is 3.06. The van der Waals surface area contributed by atoms with Crippen LogP contribution < -0.4 is 0 Å². The molecular weight excluding hydrogens is 264 g/mol. The third-order valence-electron chi connectivity index (χ3n) is 1.57. The summed E-state index contributed by atoms with van der Waals surface area (Å²) in [5.41, 5.74) is 0.435. The average Bonchev–Trinajstić information content (AvgIpc) is 2.19. The van der Waals surface area contributed by atoms with Crippen LogP contribution in [-0.4, -0.2) is 25.2 Å². The quantitative estimate of drug-likeness (QED) is 0.552. The van der Waals surface area contributed by atoms with Crippen LogP contribution in [0.5, 0.6) is 0 Å². The Balaban J connectivity index is 4.02. The van der Waals surface area contributed by atoms with E-state index in [1.807, 2.05) is 0 Å². The summed E-state index contributed by atoms with van der Waals surface area (Å²) in [5, 5.41) is 0. The fourth-order valence-corrected chi connectivity index (χ4v) is 1.31. The lowest BCUT2D eigenvalue weighted by Gasteiger charge is -2.05. The summed E-state index contributed by atoms with van der Waals surface area (Å²) in [7, 11) is 0. The molecule has 0 atom stereocenters. The van der Waals surface area contributed by atoms with Crippen molar-refractivity contribution in [1.29, 1.82) is 0 Å². The lowest BCUT2D eigenvalue weighted by Crippen LogP contribution is -2.10. The maximum Gasteiger partial charge on any atom is 0.334 e. The lowest BCUT2D eigenvalue weighted by molar-refractivity contribution is -0.143. The second-order valence-electron chi connectivity index (χ2n) is 2.66. The Labute approximate surface area is 97.8 Å². The highest BCUT2D eigenvalue weighted by atomic mass is 79.9. The number of carbonyl (C=O) groups is 2. The van der Waals surface area contributed by atoms with Crippen molar-refractivity contribution in [3.8, 4) is 0 Å². The summed E-state index contributed by atoms with van der Waals surface area (Å²) in [6.45, 7) is 4.15. The van der Waals surface area contributed by atoms with Crippen LogP contribution in [-0.2, 0) is 19.1 Å². The van der Waals surface area contributed by atoms with Crippen molar-refractivity contribution in [3.63, 3.8) is 0 Å². The van der Waals surface area contributed by atoms with Gasteiger partial charge in [0.05, 0.1) is 13.2 Å².